The lowest BCUT2D eigenvalue weighted by Crippen LogP contribution is -2.14. The van der Waals surface area contributed by atoms with Crippen LogP contribution in [0.25, 0.3) is 10.9 Å². The highest BCUT2D eigenvalue weighted by atomic mass is 32.1. The van der Waals surface area contributed by atoms with Gasteiger partial charge in [-0.25, -0.2) is 13.8 Å². The Balaban J connectivity index is 2.31. The van der Waals surface area contributed by atoms with Crippen molar-refractivity contribution < 1.29 is 13.5 Å². The molecule has 0 aromatic carbocycles. The summed E-state index contributed by atoms with van der Waals surface area (Å²) in [5.74, 6) is 0.272. The number of aromatic amines is 1. The smallest absolute Gasteiger partial charge is 0.261 e. The second-order valence-electron chi connectivity index (χ2n) is 3.86. The van der Waals surface area contributed by atoms with Crippen LogP contribution in [0.5, 0.6) is 0 Å². The van der Waals surface area contributed by atoms with Gasteiger partial charge in [-0.15, -0.1) is 11.3 Å². The molecule has 0 fully saturated rings. The van der Waals surface area contributed by atoms with Gasteiger partial charge in [-0.05, 0) is 13.8 Å². The molecule has 0 unspecified atom stereocenters. The number of aryl methyl sites for hydroxylation is 2. The summed E-state index contributed by atoms with van der Waals surface area (Å²) in [6.45, 7) is 2.94. The quantitative estimate of drug-likeness (QED) is 0.931. The second-order valence-corrected chi connectivity index (χ2v) is 5.29. The van der Waals surface area contributed by atoms with Crippen LogP contribution >= 0.6 is 11.3 Å². The Bertz CT molecular complexity index is 621. The number of thiophene rings is 1. The minimum atomic E-state index is -2.52. The summed E-state index contributed by atoms with van der Waals surface area (Å²) in [6.07, 6.45) is -2.52. The minimum absolute atomic E-state index is 0.121. The molecule has 0 amide bonds. The number of nitrogens with zero attached hydrogens (tertiary/aromatic N) is 1. The Morgan fingerprint density at radius 2 is 2.11 bits per heavy atom. The summed E-state index contributed by atoms with van der Waals surface area (Å²) in [6, 6.07) is 0. The van der Waals surface area contributed by atoms with Crippen molar-refractivity contribution in [3.8, 4) is 0 Å². The van der Waals surface area contributed by atoms with E-state index in [1.807, 2.05) is 13.8 Å². The molecule has 7 heteroatoms. The van der Waals surface area contributed by atoms with Crippen molar-refractivity contribution in [2.45, 2.75) is 26.9 Å². The van der Waals surface area contributed by atoms with E-state index in [0.717, 1.165) is 9.75 Å². The standard InChI is InChI=1S/C11H12F2N2O2S/c1-5-9-10(6(2)18-5)14-8(15-11(9)16)4-17-3-7(12)13/h7H,3-4H2,1-2H3,(H,14,15,16). The zero-order chi connectivity index (χ0) is 13.3. The largest absolute Gasteiger partial charge is 0.368 e. The van der Waals surface area contributed by atoms with Gasteiger partial charge in [0.05, 0.1) is 10.9 Å². The van der Waals surface area contributed by atoms with E-state index in [-0.39, 0.29) is 18.0 Å². The number of ether oxygens (including phenoxy) is 1. The number of nitrogens with one attached hydrogen (secondary N) is 1. The highest BCUT2D eigenvalue weighted by molar-refractivity contribution is 7.13. The van der Waals surface area contributed by atoms with Crippen LogP contribution in [0.15, 0.2) is 4.79 Å². The van der Waals surface area contributed by atoms with Gasteiger partial charge in [0, 0.05) is 9.75 Å². The lowest BCUT2D eigenvalue weighted by atomic mass is 10.3. The molecule has 0 spiro atoms. The predicted molar refractivity (Wildman–Crippen MR) is 65.4 cm³/mol. The van der Waals surface area contributed by atoms with Crippen LogP contribution in [0.3, 0.4) is 0 Å². The zero-order valence-corrected chi connectivity index (χ0v) is 10.7. The van der Waals surface area contributed by atoms with Crippen LogP contribution in [-0.4, -0.2) is 23.0 Å². The molecule has 0 aliphatic heterocycles. The van der Waals surface area contributed by atoms with Crippen molar-refractivity contribution in [1.82, 2.24) is 9.97 Å². The van der Waals surface area contributed by atoms with Gasteiger partial charge in [-0.1, -0.05) is 0 Å². The maximum absolute atomic E-state index is 11.9. The fraction of sp³-hybridized carbons (Fsp3) is 0.455. The third-order valence-electron chi connectivity index (χ3n) is 2.44. The average Bonchev–Trinajstić information content (AvgIpc) is 2.54. The van der Waals surface area contributed by atoms with E-state index in [1.54, 1.807) is 0 Å². The topological polar surface area (TPSA) is 55.0 Å². The first-order valence-corrected chi connectivity index (χ1v) is 6.15. The summed E-state index contributed by atoms with van der Waals surface area (Å²) in [7, 11) is 0. The van der Waals surface area contributed by atoms with E-state index in [4.69, 9.17) is 4.74 Å². The lowest BCUT2D eigenvalue weighted by molar-refractivity contribution is 0.00772. The molecule has 0 bridgehead atoms. The fourth-order valence-corrected chi connectivity index (χ4v) is 2.74. The van der Waals surface area contributed by atoms with Crippen LogP contribution in [0.4, 0.5) is 8.78 Å². The van der Waals surface area contributed by atoms with Crippen molar-refractivity contribution in [3.05, 3.63) is 25.9 Å². The molecule has 0 aliphatic rings. The Hall–Kier alpha value is -1.34. The van der Waals surface area contributed by atoms with Gasteiger partial charge in [0.2, 0.25) is 0 Å². The Kier molecular flexibility index (Phi) is 3.72. The number of alkyl halides is 2. The number of halogens is 2. The van der Waals surface area contributed by atoms with E-state index >= 15 is 0 Å². The summed E-state index contributed by atoms with van der Waals surface area (Å²) < 4.78 is 28.6. The Labute approximate surface area is 106 Å². The van der Waals surface area contributed by atoms with E-state index < -0.39 is 13.0 Å². The molecular weight excluding hydrogens is 262 g/mol. The Morgan fingerprint density at radius 3 is 2.78 bits per heavy atom. The first-order valence-electron chi connectivity index (χ1n) is 5.34. The molecule has 2 aromatic rings. The van der Waals surface area contributed by atoms with Gasteiger partial charge < -0.3 is 9.72 Å². The van der Waals surface area contributed by atoms with Crippen molar-refractivity contribution in [3.63, 3.8) is 0 Å². The van der Waals surface area contributed by atoms with Gasteiger partial charge in [0.25, 0.3) is 12.0 Å². The molecule has 1 N–H and O–H groups in total. The maximum atomic E-state index is 11.9. The van der Waals surface area contributed by atoms with Crippen molar-refractivity contribution in [1.29, 1.82) is 0 Å². The Morgan fingerprint density at radius 1 is 1.39 bits per heavy atom. The fourth-order valence-electron chi connectivity index (χ4n) is 1.74. The third kappa shape index (κ3) is 2.56. The number of hydrogen-bond acceptors (Lipinski definition) is 4. The van der Waals surface area contributed by atoms with Crippen molar-refractivity contribution in [2.75, 3.05) is 6.61 Å². The highest BCUT2D eigenvalue weighted by Crippen LogP contribution is 2.25. The van der Waals surface area contributed by atoms with Gasteiger partial charge in [-0.2, -0.15) is 0 Å². The highest BCUT2D eigenvalue weighted by Gasteiger charge is 2.12. The van der Waals surface area contributed by atoms with Gasteiger partial charge >= 0.3 is 0 Å². The van der Waals surface area contributed by atoms with E-state index in [1.165, 1.54) is 11.3 Å². The number of H-pyrrole nitrogens is 1. The molecule has 0 saturated heterocycles. The summed E-state index contributed by atoms with van der Waals surface area (Å²) >= 11 is 1.49. The molecule has 2 aromatic heterocycles. The first kappa shape index (κ1) is 13.1. The SMILES string of the molecule is Cc1sc(C)c2c(=O)[nH]c(COCC(F)F)nc12. The van der Waals surface area contributed by atoms with Gasteiger partial charge in [0.1, 0.15) is 19.0 Å². The molecule has 0 atom stereocenters. The molecule has 0 aliphatic carbocycles. The molecular formula is C11H12F2N2O2S. The molecule has 4 nitrogen and oxygen atoms in total. The lowest BCUT2D eigenvalue weighted by Gasteiger charge is -2.03. The number of rotatable bonds is 4. The normalized spacial score (nSPS) is 11.6. The van der Waals surface area contributed by atoms with E-state index in [9.17, 15) is 13.6 Å². The van der Waals surface area contributed by atoms with Crippen LogP contribution in [0.1, 0.15) is 15.6 Å². The number of aromatic nitrogens is 2. The van der Waals surface area contributed by atoms with E-state index in [0.29, 0.717) is 10.9 Å². The summed E-state index contributed by atoms with van der Waals surface area (Å²) in [5.41, 5.74) is 0.370. The first-order chi connectivity index (χ1) is 8.49. The third-order valence-corrected chi connectivity index (χ3v) is 3.45. The minimum Gasteiger partial charge on any atom is -0.368 e. The van der Waals surface area contributed by atoms with Crippen LogP contribution < -0.4 is 5.56 Å². The van der Waals surface area contributed by atoms with E-state index in [2.05, 4.69) is 9.97 Å². The summed E-state index contributed by atoms with van der Waals surface area (Å²) in [4.78, 5) is 20.5. The van der Waals surface area contributed by atoms with Crippen molar-refractivity contribution >= 4 is 22.2 Å². The number of fused-ring (bicyclic) bond motifs is 1. The van der Waals surface area contributed by atoms with Gasteiger partial charge in [0.15, 0.2) is 0 Å². The molecule has 0 radical (unpaired) electrons. The average molecular weight is 274 g/mol. The van der Waals surface area contributed by atoms with Crippen LogP contribution in [0.2, 0.25) is 0 Å². The van der Waals surface area contributed by atoms with Crippen molar-refractivity contribution in [2.24, 2.45) is 0 Å². The monoisotopic (exact) mass is 274 g/mol. The maximum Gasteiger partial charge on any atom is 0.261 e. The molecule has 98 valence electrons. The second kappa shape index (κ2) is 5.11. The van der Waals surface area contributed by atoms with Crippen LogP contribution in [-0.2, 0) is 11.3 Å². The zero-order valence-electron chi connectivity index (χ0n) is 9.92. The number of hydrogen-bond donors (Lipinski definition) is 1. The molecule has 2 heterocycles. The molecule has 18 heavy (non-hydrogen) atoms. The van der Waals surface area contributed by atoms with Gasteiger partial charge in [-0.3, -0.25) is 4.79 Å². The van der Waals surface area contributed by atoms with Crippen LogP contribution in [0, 0.1) is 13.8 Å². The predicted octanol–water partition coefficient (Wildman–Crippen LogP) is 2.38. The summed E-state index contributed by atoms with van der Waals surface area (Å²) in [5, 5.41) is 0.565. The molecule has 0 saturated carbocycles. The molecule has 2 rings (SSSR count).